The maximum Gasteiger partial charge on any atom is 0.258 e. The summed E-state index contributed by atoms with van der Waals surface area (Å²) in [4.78, 5) is 4.15. The highest BCUT2D eigenvalue weighted by molar-refractivity contribution is 6.32. The van der Waals surface area contributed by atoms with Gasteiger partial charge in [0.05, 0.1) is 11.2 Å². The van der Waals surface area contributed by atoms with Crippen molar-refractivity contribution in [3.05, 3.63) is 29.4 Å². The quantitative estimate of drug-likeness (QED) is 0.732. The fraction of sp³-hybridized carbons (Fsp3) is 0. The van der Waals surface area contributed by atoms with Crippen LogP contribution in [-0.4, -0.2) is 30.7 Å². The first-order valence-corrected chi connectivity index (χ1v) is 5.30. The van der Waals surface area contributed by atoms with Gasteiger partial charge in [-0.05, 0) is 18.2 Å². The van der Waals surface area contributed by atoms with Gasteiger partial charge < -0.3 is 9.63 Å². The molecule has 0 aliphatic heterocycles. The van der Waals surface area contributed by atoms with Gasteiger partial charge >= 0.3 is 0 Å². The number of rotatable bonds is 2. The second kappa shape index (κ2) is 4.11. The number of hydrogen-bond donors (Lipinski definition) is 2. The minimum absolute atomic E-state index is 0.00310. The molecule has 0 saturated heterocycles. The van der Waals surface area contributed by atoms with Crippen molar-refractivity contribution >= 4 is 11.6 Å². The van der Waals surface area contributed by atoms with Crippen LogP contribution in [0.5, 0.6) is 5.75 Å². The van der Waals surface area contributed by atoms with Gasteiger partial charge in [0.25, 0.3) is 5.89 Å². The minimum Gasteiger partial charge on any atom is -0.506 e. The second-order valence-electron chi connectivity index (χ2n) is 3.44. The summed E-state index contributed by atoms with van der Waals surface area (Å²) in [5, 5.41) is 23.3. The molecule has 0 aliphatic rings. The highest BCUT2D eigenvalue weighted by atomic mass is 35.5. The third-order valence-corrected chi connectivity index (χ3v) is 2.57. The summed E-state index contributed by atoms with van der Waals surface area (Å²) >= 11 is 5.80. The lowest BCUT2D eigenvalue weighted by atomic mass is 10.2. The Labute approximate surface area is 105 Å². The van der Waals surface area contributed by atoms with E-state index in [0.29, 0.717) is 17.1 Å². The van der Waals surface area contributed by atoms with Gasteiger partial charge in [0, 0.05) is 5.56 Å². The average molecular weight is 264 g/mol. The Morgan fingerprint density at radius 1 is 1.33 bits per heavy atom. The number of aromatic hydroxyl groups is 1. The maximum atomic E-state index is 9.33. The van der Waals surface area contributed by atoms with Crippen molar-refractivity contribution in [1.29, 1.82) is 0 Å². The van der Waals surface area contributed by atoms with E-state index in [1.165, 1.54) is 18.3 Å². The van der Waals surface area contributed by atoms with Gasteiger partial charge in [-0.3, -0.25) is 0 Å². The normalized spacial score (nSPS) is 10.7. The van der Waals surface area contributed by atoms with E-state index in [9.17, 15) is 5.11 Å². The van der Waals surface area contributed by atoms with Crippen molar-refractivity contribution < 1.29 is 9.63 Å². The van der Waals surface area contributed by atoms with Crippen LogP contribution in [0.1, 0.15) is 0 Å². The lowest BCUT2D eigenvalue weighted by Gasteiger charge is -1.97. The Morgan fingerprint density at radius 3 is 2.94 bits per heavy atom. The van der Waals surface area contributed by atoms with Crippen molar-refractivity contribution in [3.8, 4) is 28.7 Å². The van der Waals surface area contributed by atoms with Crippen LogP contribution in [0.4, 0.5) is 0 Å². The van der Waals surface area contributed by atoms with E-state index >= 15 is 0 Å². The summed E-state index contributed by atoms with van der Waals surface area (Å²) in [5.74, 6) is 0.606. The summed E-state index contributed by atoms with van der Waals surface area (Å²) in [6.45, 7) is 0. The molecule has 3 aromatic rings. The lowest BCUT2D eigenvalue weighted by Crippen LogP contribution is -1.81. The Bertz CT molecular complexity index is 679. The topological polar surface area (TPSA) is 101 Å². The fourth-order valence-corrected chi connectivity index (χ4v) is 1.57. The van der Waals surface area contributed by atoms with Crippen LogP contribution in [0.2, 0.25) is 5.02 Å². The molecule has 0 saturated carbocycles. The predicted octanol–water partition coefficient (Wildman–Crippen LogP) is 1.88. The SMILES string of the molecule is Oc1ccc(-c2nc(-c3cn[nH]n3)no2)cc1Cl. The van der Waals surface area contributed by atoms with Crippen LogP contribution in [0.25, 0.3) is 23.0 Å². The third kappa shape index (κ3) is 1.80. The molecule has 2 N–H and O–H groups in total. The Hall–Kier alpha value is -2.41. The molecule has 18 heavy (non-hydrogen) atoms. The van der Waals surface area contributed by atoms with Crippen LogP contribution < -0.4 is 0 Å². The first-order valence-electron chi connectivity index (χ1n) is 4.93. The molecule has 90 valence electrons. The number of aromatic nitrogens is 5. The maximum absolute atomic E-state index is 9.33. The number of phenols is 1. The van der Waals surface area contributed by atoms with Crippen molar-refractivity contribution in [3.63, 3.8) is 0 Å². The predicted molar refractivity (Wildman–Crippen MR) is 61.8 cm³/mol. The van der Waals surface area contributed by atoms with Gasteiger partial charge in [0.2, 0.25) is 5.82 Å². The lowest BCUT2D eigenvalue weighted by molar-refractivity contribution is 0.432. The van der Waals surface area contributed by atoms with E-state index in [1.54, 1.807) is 6.07 Å². The average Bonchev–Trinajstić information content (AvgIpc) is 3.01. The van der Waals surface area contributed by atoms with Crippen LogP contribution in [-0.2, 0) is 0 Å². The van der Waals surface area contributed by atoms with Crippen molar-refractivity contribution in [2.24, 2.45) is 0 Å². The van der Waals surface area contributed by atoms with Gasteiger partial charge in [-0.25, -0.2) is 0 Å². The molecule has 0 bridgehead atoms. The summed E-state index contributed by atoms with van der Waals surface area (Å²) in [7, 11) is 0. The number of H-pyrrole nitrogens is 1. The second-order valence-corrected chi connectivity index (χ2v) is 3.85. The van der Waals surface area contributed by atoms with Crippen LogP contribution in [0.3, 0.4) is 0 Å². The van der Waals surface area contributed by atoms with E-state index in [-0.39, 0.29) is 16.7 Å². The summed E-state index contributed by atoms with van der Waals surface area (Å²) in [6, 6.07) is 4.62. The van der Waals surface area contributed by atoms with E-state index in [2.05, 4.69) is 25.6 Å². The van der Waals surface area contributed by atoms with E-state index in [1.807, 2.05) is 0 Å². The van der Waals surface area contributed by atoms with Crippen molar-refractivity contribution in [2.75, 3.05) is 0 Å². The zero-order valence-electron chi connectivity index (χ0n) is 8.83. The first-order chi connectivity index (χ1) is 8.74. The number of nitrogens with zero attached hydrogens (tertiary/aromatic N) is 4. The van der Waals surface area contributed by atoms with Gasteiger partial charge in [0.15, 0.2) is 5.69 Å². The smallest absolute Gasteiger partial charge is 0.258 e. The molecule has 1 aromatic carbocycles. The Morgan fingerprint density at radius 2 is 2.22 bits per heavy atom. The molecule has 0 amide bonds. The number of nitrogens with one attached hydrogen (secondary N) is 1. The summed E-state index contributed by atoms with van der Waals surface area (Å²) < 4.78 is 5.09. The van der Waals surface area contributed by atoms with Crippen molar-refractivity contribution in [1.82, 2.24) is 25.6 Å². The van der Waals surface area contributed by atoms with E-state index in [0.717, 1.165) is 0 Å². The number of aromatic amines is 1. The van der Waals surface area contributed by atoms with E-state index in [4.69, 9.17) is 16.1 Å². The molecule has 0 fully saturated rings. The van der Waals surface area contributed by atoms with Gasteiger partial charge in [-0.2, -0.15) is 20.4 Å². The number of phenolic OH excluding ortho intramolecular Hbond substituents is 1. The fourth-order valence-electron chi connectivity index (χ4n) is 1.39. The van der Waals surface area contributed by atoms with E-state index < -0.39 is 0 Å². The molecular weight excluding hydrogens is 258 g/mol. The molecule has 0 spiro atoms. The molecule has 7 nitrogen and oxygen atoms in total. The summed E-state index contributed by atoms with van der Waals surface area (Å²) in [6.07, 6.45) is 1.48. The molecule has 2 heterocycles. The zero-order chi connectivity index (χ0) is 12.5. The van der Waals surface area contributed by atoms with Crippen LogP contribution in [0, 0.1) is 0 Å². The van der Waals surface area contributed by atoms with Gasteiger partial charge in [-0.1, -0.05) is 16.8 Å². The first kappa shape index (κ1) is 10.7. The number of halogens is 1. The zero-order valence-corrected chi connectivity index (χ0v) is 9.59. The Balaban J connectivity index is 2.00. The molecule has 2 aromatic heterocycles. The third-order valence-electron chi connectivity index (χ3n) is 2.26. The molecule has 3 rings (SSSR count). The summed E-state index contributed by atoms with van der Waals surface area (Å²) in [5.41, 5.74) is 1.09. The monoisotopic (exact) mass is 263 g/mol. The Kier molecular flexibility index (Phi) is 2.45. The highest BCUT2D eigenvalue weighted by Gasteiger charge is 2.13. The molecule has 8 heteroatoms. The van der Waals surface area contributed by atoms with Gasteiger partial charge in [0.1, 0.15) is 5.75 Å². The molecular formula is C10H6ClN5O2. The van der Waals surface area contributed by atoms with Gasteiger partial charge in [-0.15, -0.1) is 0 Å². The largest absolute Gasteiger partial charge is 0.506 e. The molecule has 0 unspecified atom stereocenters. The highest BCUT2D eigenvalue weighted by Crippen LogP contribution is 2.29. The minimum atomic E-state index is -0.00310. The molecule has 0 radical (unpaired) electrons. The van der Waals surface area contributed by atoms with Crippen molar-refractivity contribution in [2.45, 2.75) is 0 Å². The molecule has 0 aliphatic carbocycles. The standard InChI is InChI=1S/C10H6ClN5O2/c11-6-3-5(1-2-8(6)17)10-13-9(15-18-10)7-4-12-16-14-7/h1-4,17H,(H,12,14,16). The van der Waals surface area contributed by atoms with Crippen LogP contribution in [0.15, 0.2) is 28.9 Å². The molecule has 0 atom stereocenters. The number of benzene rings is 1. The van der Waals surface area contributed by atoms with Crippen LogP contribution >= 0.6 is 11.6 Å². The number of hydrogen-bond acceptors (Lipinski definition) is 6.